The molecule has 0 unspecified atom stereocenters. The number of ether oxygens (including phenoxy) is 2. The zero-order chi connectivity index (χ0) is 23.9. The molecule has 34 heavy (non-hydrogen) atoms. The van der Waals surface area contributed by atoms with Crippen molar-refractivity contribution in [2.24, 2.45) is 0 Å². The minimum absolute atomic E-state index is 0.115. The molecule has 10 heteroatoms. The van der Waals surface area contributed by atoms with Gasteiger partial charge in [0.1, 0.15) is 5.75 Å². The number of aryl methyl sites for hydroxylation is 1. The van der Waals surface area contributed by atoms with Crippen molar-refractivity contribution in [3.8, 4) is 5.75 Å². The molecule has 0 saturated carbocycles. The van der Waals surface area contributed by atoms with Gasteiger partial charge in [-0.3, -0.25) is 4.79 Å². The molecule has 1 atom stereocenters. The number of aromatic nitrogens is 3. The molecule has 1 saturated heterocycles. The number of nitrogens with one attached hydrogen (secondary N) is 2. The Morgan fingerprint density at radius 1 is 1.24 bits per heavy atom. The van der Waals surface area contributed by atoms with Crippen molar-refractivity contribution in [1.29, 1.82) is 0 Å². The Labute approximate surface area is 208 Å². The van der Waals surface area contributed by atoms with Gasteiger partial charge in [0, 0.05) is 23.0 Å². The van der Waals surface area contributed by atoms with E-state index < -0.39 is 0 Å². The Bertz CT molecular complexity index is 1120. The van der Waals surface area contributed by atoms with Crippen LogP contribution in [0, 0.1) is 6.92 Å². The SMILES string of the molecule is COc1ccc(NC(=O)CSc2nnc(CNc3ccc(C)c(Cl)c3)n2C[C@@H]2CCCO2)cc1. The first-order valence-corrected chi connectivity index (χ1v) is 12.5. The van der Waals surface area contributed by atoms with Crippen LogP contribution in [0.4, 0.5) is 11.4 Å². The van der Waals surface area contributed by atoms with Crippen LogP contribution in [0.5, 0.6) is 5.75 Å². The molecule has 1 aliphatic rings. The first kappa shape index (κ1) is 24.4. The second-order valence-corrected chi connectivity index (χ2v) is 9.38. The van der Waals surface area contributed by atoms with Gasteiger partial charge in [0.05, 0.1) is 32.1 Å². The Morgan fingerprint density at radius 2 is 2.03 bits per heavy atom. The number of anilines is 2. The van der Waals surface area contributed by atoms with E-state index in [-0.39, 0.29) is 17.8 Å². The lowest BCUT2D eigenvalue weighted by atomic mass is 10.2. The molecule has 1 aromatic heterocycles. The van der Waals surface area contributed by atoms with Crippen molar-refractivity contribution in [2.75, 3.05) is 30.1 Å². The molecule has 2 aromatic carbocycles. The van der Waals surface area contributed by atoms with E-state index in [1.807, 2.05) is 54.0 Å². The second-order valence-electron chi connectivity index (χ2n) is 8.03. The number of halogens is 1. The Balaban J connectivity index is 1.41. The number of thioether (sulfide) groups is 1. The maximum Gasteiger partial charge on any atom is 0.234 e. The van der Waals surface area contributed by atoms with E-state index in [0.29, 0.717) is 29.0 Å². The second kappa shape index (κ2) is 11.6. The fourth-order valence-electron chi connectivity index (χ4n) is 3.62. The van der Waals surface area contributed by atoms with E-state index in [0.717, 1.165) is 42.3 Å². The van der Waals surface area contributed by atoms with Gasteiger partial charge in [-0.1, -0.05) is 29.4 Å². The van der Waals surface area contributed by atoms with Gasteiger partial charge < -0.3 is 24.7 Å². The number of carbonyl (C=O) groups excluding carboxylic acids is 1. The summed E-state index contributed by atoms with van der Waals surface area (Å²) in [4.78, 5) is 12.5. The highest BCUT2D eigenvalue weighted by Gasteiger charge is 2.21. The normalized spacial score (nSPS) is 15.3. The van der Waals surface area contributed by atoms with E-state index >= 15 is 0 Å². The average Bonchev–Trinajstić information content (AvgIpc) is 3.49. The maximum absolute atomic E-state index is 12.5. The number of methoxy groups -OCH3 is 1. The van der Waals surface area contributed by atoms with E-state index in [9.17, 15) is 4.79 Å². The minimum Gasteiger partial charge on any atom is -0.497 e. The molecule has 0 bridgehead atoms. The van der Waals surface area contributed by atoms with Gasteiger partial charge in [0.15, 0.2) is 11.0 Å². The van der Waals surface area contributed by atoms with E-state index in [1.165, 1.54) is 11.8 Å². The number of benzene rings is 2. The molecule has 0 radical (unpaired) electrons. The zero-order valence-electron chi connectivity index (χ0n) is 19.2. The number of hydrogen-bond donors (Lipinski definition) is 2. The summed E-state index contributed by atoms with van der Waals surface area (Å²) in [5, 5.41) is 16.4. The summed E-state index contributed by atoms with van der Waals surface area (Å²) in [6.07, 6.45) is 2.17. The van der Waals surface area contributed by atoms with Crippen LogP contribution in [0.3, 0.4) is 0 Å². The van der Waals surface area contributed by atoms with Gasteiger partial charge in [-0.05, 0) is 61.7 Å². The fourth-order valence-corrected chi connectivity index (χ4v) is 4.56. The van der Waals surface area contributed by atoms with Crippen LogP contribution < -0.4 is 15.4 Å². The lowest BCUT2D eigenvalue weighted by Gasteiger charge is -2.15. The van der Waals surface area contributed by atoms with E-state index in [1.54, 1.807) is 7.11 Å². The highest BCUT2D eigenvalue weighted by Crippen LogP contribution is 2.24. The summed E-state index contributed by atoms with van der Waals surface area (Å²) in [5.74, 6) is 1.63. The number of hydrogen-bond acceptors (Lipinski definition) is 7. The predicted molar refractivity (Wildman–Crippen MR) is 135 cm³/mol. The van der Waals surface area contributed by atoms with Crippen molar-refractivity contribution in [3.05, 3.63) is 58.9 Å². The Kier molecular flexibility index (Phi) is 8.31. The smallest absolute Gasteiger partial charge is 0.234 e. The first-order chi connectivity index (χ1) is 16.5. The monoisotopic (exact) mass is 501 g/mol. The highest BCUT2D eigenvalue weighted by molar-refractivity contribution is 7.99. The molecule has 180 valence electrons. The third kappa shape index (κ3) is 6.43. The molecular weight excluding hydrogens is 474 g/mol. The lowest BCUT2D eigenvalue weighted by molar-refractivity contribution is -0.113. The molecule has 3 aromatic rings. The van der Waals surface area contributed by atoms with Crippen molar-refractivity contribution < 1.29 is 14.3 Å². The minimum atomic E-state index is -0.115. The summed E-state index contributed by atoms with van der Waals surface area (Å²) in [7, 11) is 1.61. The average molecular weight is 502 g/mol. The molecular formula is C24H28ClN5O3S. The summed E-state index contributed by atoms with van der Waals surface area (Å²) in [6, 6.07) is 13.1. The molecule has 4 rings (SSSR count). The van der Waals surface area contributed by atoms with Crippen molar-refractivity contribution in [2.45, 2.75) is 44.1 Å². The van der Waals surface area contributed by atoms with Gasteiger partial charge in [-0.15, -0.1) is 10.2 Å². The van der Waals surface area contributed by atoms with Gasteiger partial charge in [-0.2, -0.15) is 0 Å². The van der Waals surface area contributed by atoms with E-state index in [2.05, 4.69) is 20.8 Å². The number of nitrogens with zero attached hydrogens (tertiary/aromatic N) is 3. The fraction of sp³-hybridized carbons (Fsp3) is 0.375. The topological polar surface area (TPSA) is 90.3 Å². The summed E-state index contributed by atoms with van der Waals surface area (Å²) in [6.45, 7) is 3.88. The van der Waals surface area contributed by atoms with Crippen LogP contribution in [-0.4, -0.2) is 46.2 Å². The molecule has 0 spiro atoms. The Morgan fingerprint density at radius 3 is 2.74 bits per heavy atom. The molecule has 1 aliphatic heterocycles. The van der Waals surface area contributed by atoms with E-state index in [4.69, 9.17) is 21.1 Å². The number of amides is 1. The highest BCUT2D eigenvalue weighted by atomic mass is 35.5. The van der Waals surface area contributed by atoms with Crippen LogP contribution in [0.2, 0.25) is 5.02 Å². The first-order valence-electron chi connectivity index (χ1n) is 11.1. The maximum atomic E-state index is 12.5. The summed E-state index contributed by atoms with van der Waals surface area (Å²) in [5.41, 5.74) is 2.66. The third-order valence-electron chi connectivity index (χ3n) is 5.53. The number of rotatable bonds is 10. The molecule has 1 amide bonds. The zero-order valence-corrected chi connectivity index (χ0v) is 20.8. The lowest BCUT2D eigenvalue weighted by Crippen LogP contribution is -2.20. The molecule has 8 nitrogen and oxygen atoms in total. The summed E-state index contributed by atoms with van der Waals surface area (Å²) >= 11 is 7.61. The quantitative estimate of drug-likeness (QED) is 0.387. The van der Waals surface area contributed by atoms with Crippen LogP contribution in [0.15, 0.2) is 47.6 Å². The van der Waals surface area contributed by atoms with Gasteiger partial charge in [-0.25, -0.2) is 0 Å². The van der Waals surface area contributed by atoms with Crippen LogP contribution >= 0.6 is 23.4 Å². The summed E-state index contributed by atoms with van der Waals surface area (Å²) < 4.78 is 13.0. The van der Waals surface area contributed by atoms with Crippen molar-refractivity contribution >= 4 is 40.6 Å². The number of carbonyl (C=O) groups is 1. The molecule has 2 N–H and O–H groups in total. The molecule has 1 fully saturated rings. The van der Waals surface area contributed by atoms with Crippen LogP contribution in [0.1, 0.15) is 24.2 Å². The largest absolute Gasteiger partial charge is 0.497 e. The van der Waals surface area contributed by atoms with Crippen LogP contribution in [-0.2, 0) is 22.6 Å². The van der Waals surface area contributed by atoms with Gasteiger partial charge >= 0.3 is 0 Å². The van der Waals surface area contributed by atoms with Crippen molar-refractivity contribution in [1.82, 2.24) is 14.8 Å². The van der Waals surface area contributed by atoms with Gasteiger partial charge in [0.2, 0.25) is 5.91 Å². The molecule has 2 heterocycles. The van der Waals surface area contributed by atoms with Gasteiger partial charge in [0.25, 0.3) is 0 Å². The predicted octanol–water partition coefficient (Wildman–Crippen LogP) is 4.77. The standard InChI is InChI=1S/C24H28ClN5O3S/c1-16-5-6-18(12-21(16)25)26-13-22-28-29-24(30(22)14-20-4-3-11-33-20)34-15-23(31)27-17-7-9-19(32-2)10-8-17/h5-10,12,20,26H,3-4,11,13-15H2,1-2H3,(H,27,31)/t20-/m0/s1. The van der Waals surface area contributed by atoms with Crippen molar-refractivity contribution in [3.63, 3.8) is 0 Å². The Hall–Kier alpha value is -2.75. The molecule has 0 aliphatic carbocycles. The van der Waals surface area contributed by atoms with Crippen LogP contribution in [0.25, 0.3) is 0 Å². The third-order valence-corrected chi connectivity index (χ3v) is 6.91.